The number of halogens is 1. The van der Waals surface area contributed by atoms with E-state index in [-0.39, 0.29) is 11.6 Å². The number of carbonyl (C=O) groups excluding carboxylic acids is 1. The van der Waals surface area contributed by atoms with Gasteiger partial charge in [0.25, 0.3) is 11.6 Å². The van der Waals surface area contributed by atoms with Gasteiger partial charge >= 0.3 is 0 Å². The second-order valence-corrected chi connectivity index (χ2v) is 9.76. The number of carbonyl (C=O) groups is 1. The van der Waals surface area contributed by atoms with Gasteiger partial charge in [-0.1, -0.05) is 54.6 Å². The number of nitrogens with one attached hydrogen (secondary N) is 1. The summed E-state index contributed by atoms with van der Waals surface area (Å²) in [5.41, 5.74) is 2.35. The topological polar surface area (TPSA) is 93.8 Å². The minimum Gasteiger partial charge on any atom is -0.489 e. The Labute approximate surface area is 219 Å². The van der Waals surface area contributed by atoms with Crippen LogP contribution in [0.1, 0.15) is 11.1 Å². The molecule has 1 amide bonds. The number of hydrogen-bond acceptors (Lipinski definition) is 6. The highest BCUT2D eigenvalue weighted by molar-refractivity contribution is 9.10. The Balaban J connectivity index is 1.31. The lowest BCUT2D eigenvalue weighted by Gasteiger charge is -2.09. The van der Waals surface area contributed by atoms with Crippen molar-refractivity contribution < 1.29 is 14.5 Å². The van der Waals surface area contributed by atoms with Gasteiger partial charge in [-0.05, 0) is 73.9 Å². The van der Waals surface area contributed by atoms with Crippen LogP contribution in [0, 0.1) is 10.1 Å². The van der Waals surface area contributed by atoms with Crippen molar-refractivity contribution >= 4 is 67.0 Å². The van der Waals surface area contributed by atoms with E-state index in [4.69, 9.17) is 4.74 Å². The second-order valence-electron chi connectivity index (χ2n) is 7.87. The van der Waals surface area contributed by atoms with E-state index in [0.29, 0.717) is 32.6 Å². The molecule has 0 saturated carbocycles. The van der Waals surface area contributed by atoms with Crippen LogP contribution < -0.4 is 10.1 Å². The smallest absolute Gasteiger partial charge is 0.270 e. The minimum absolute atomic E-state index is 0.0444. The predicted molar refractivity (Wildman–Crippen MR) is 146 cm³/mol. The highest BCUT2D eigenvalue weighted by Gasteiger charge is 2.24. The van der Waals surface area contributed by atoms with Gasteiger partial charge < -0.3 is 10.1 Å². The van der Waals surface area contributed by atoms with Crippen molar-refractivity contribution in [1.29, 1.82) is 0 Å². The molecule has 5 rings (SSSR count). The molecule has 1 saturated heterocycles. The lowest BCUT2D eigenvalue weighted by molar-refractivity contribution is -0.384. The zero-order chi connectivity index (χ0) is 25.1. The summed E-state index contributed by atoms with van der Waals surface area (Å²) in [6.07, 6.45) is 1.78. The normalized spacial score (nSPS) is 15.4. The highest BCUT2D eigenvalue weighted by atomic mass is 79.9. The van der Waals surface area contributed by atoms with Crippen LogP contribution in [0.3, 0.4) is 0 Å². The Morgan fingerprint density at radius 2 is 1.83 bits per heavy atom. The van der Waals surface area contributed by atoms with Crippen LogP contribution in [0.4, 0.5) is 11.4 Å². The molecule has 0 bridgehead atoms. The minimum atomic E-state index is -0.478. The molecule has 1 heterocycles. The van der Waals surface area contributed by atoms with Gasteiger partial charge in [0.2, 0.25) is 0 Å². The summed E-state index contributed by atoms with van der Waals surface area (Å²) >= 11 is 4.50. The monoisotopic (exact) mass is 559 g/mol. The van der Waals surface area contributed by atoms with Crippen molar-refractivity contribution in [3.63, 3.8) is 0 Å². The Kier molecular flexibility index (Phi) is 6.84. The van der Waals surface area contributed by atoms with Gasteiger partial charge in [-0.3, -0.25) is 14.9 Å². The number of benzene rings is 4. The summed E-state index contributed by atoms with van der Waals surface area (Å²) in [6, 6.07) is 26.2. The van der Waals surface area contributed by atoms with Crippen molar-refractivity contribution in [2.24, 2.45) is 4.99 Å². The molecule has 178 valence electrons. The van der Waals surface area contributed by atoms with E-state index in [0.717, 1.165) is 16.5 Å². The van der Waals surface area contributed by atoms with Gasteiger partial charge in [0.05, 0.1) is 20.0 Å². The van der Waals surface area contributed by atoms with Crippen LogP contribution in [0.25, 0.3) is 16.8 Å². The molecule has 0 aliphatic carbocycles. The zero-order valence-corrected chi connectivity index (χ0v) is 21.1. The maximum Gasteiger partial charge on any atom is 0.270 e. The average Bonchev–Trinajstić information content (AvgIpc) is 3.22. The number of fused-ring (bicyclic) bond motifs is 1. The van der Waals surface area contributed by atoms with Gasteiger partial charge in [-0.2, -0.15) is 0 Å². The van der Waals surface area contributed by atoms with Gasteiger partial charge in [0.15, 0.2) is 5.17 Å². The molecule has 0 spiro atoms. The number of aliphatic imine (C=N–C) groups is 1. The fraction of sp³-hybridized carbons (Fsp3) is 0.0370. The first kappa shape index (κ1) is 23.8. The third-order valence-electron chi connectivity index (χ3n) is 5.45. The fourth-order valence-electron chi connectivity index (χ4n) is 3.71. The van der Waals surface area contributed by atoms with E-state index in [2.05, 4.69) is 50.5 Å². The molecule has 4 aromatic rings. The number of hydrogen-bond donors (Lipinski definition) is 1. The number of ether oxygens (including phenoxy) is 1. The first-order valence-corrected chi connectivity index (χ1v) is 12.5. The van der Waals surface area contributed by atoms with Crippen LogP contribution in [0.5, 0.6) is 5.75 Å². The number of nitrogens with zero attached hydrogens (tertiary/aromatic N) is 2. The molecule has 9 heteroatoms. The van der Waals surface area contributed by atoms with E-state index in [1.807, 2.05) is 42.5 Å². The molecule has 0 atom stereocenters. The summed E-state index contributed by atoms with van der Waals surface area (Å²) in [7, 11) is 0. The highest BCUT2D eigenvalue weighted by Crippen LogP contribution is 2.33. The second kappa shape index (κ2) is 10.3. The molecule has 0 aromatic heterocycles. The van der Waals surface area contributed by atoms with Gasteiger partial charge in [-0.15, -0.1) is 0 Å². The Morgan fingerprint density at radius 1 is 1.03 bits per heavy atom. The molecular formula is C27H18BrN3O4S. The number of nitro groups is 1. The first-order valence-electron chi connectivity index (χ1n) is 10.9. The van der Waals surface area contributed by atoms with Crippen molar-refractivity contribution in [3.05, 3.63) is 116 Å². The summed E-state index contributed by atoms with van der Waals surface area (Å²) in [5, 5.41) is 16.4. The Bertz CT molecular complexity index is 1560. The van der Waals surface area contributed by atoms with Crippen molar-refractivity contribution in [3.8, 4) is 5.75 Å². The molecule has 36 heavy (non-hydrogen) atoms. The summed E-state index contributed by atoms with van der Waals surface area (Å²) < 4.78 is 6.52. The standard InChI is InChI=1S/C27H18BrN3O4S/c28-23-15-20(31(33)34)11-12-24(23)29-27-30-26(32)25(36-27)14-17-5-3-9-21(13-17)35-16-19-8-4-7-18-6-1-2-10-22(18)19/h1-15H,16H2,(H,29,30,32)/b25-14+. The molecule has 7 nitrogen and oxygen atoms in total. The molecule has 1 aliphatic heterocycles. The number of nitro benzene ring substituents is 1. The van der Waals surface area contributed by atoms with E-state index >= 15 is 0 Å². The third-order valence-corrected chi connectivity index (χ3v) is 6.99. The summed E-state index contributed by atoms with van der Waals surface area (Å²) in [4.78, 5) is 27.9. The molecular weight excluding hydrogens is 542 g/mol. The van der Waals surface area contributed by atoms with Crippen LogP contribution in [0.15, 0.2) is 99.3 Å². The summed E-state index contributed by atoms with van der Waals surface area (Å²) in [6.45, 7) is 0.428. The average molecular weight is 560 g/mol. The Morgan fingerprint density at radius 3 is 2.67 bits per heavy atom. The van der Waals surface area contributed by atoms with Crippen LogP contribution in [-0.2, 0) is 11.4 Å². The van der Waals surface area contributed by atoms with E-state index in [1.54, 1.807) is 6.08 Å². The predicted octanol–water partition coefficient (Wildman–Crippen LogP) is 6.98. The van der Waals surface area contributed by atoms with Gasteiger partial charge in [-0.25, -0.2) is 4.99 Å². The number of rotatable bonds is 6. The molecule has 4 aromatic carbocycles. The van der Waals surface area contributed by atoms with Crippen LogP contribution in [-0.4, -0.2) is 16.0 Å². The molecule has 1 fully saturated rings. The molecule has 1 N–H and O–H groups in total. The quantitative estimate of drug-likeness (QED) is 0.156. The fourth-order valence-corrected chi connectivity index (χ4v) is 5.01. The number of amidine groups is 1. The number of non-ortho nitro benzene ring substituents is 1. The SMILES string of the molecule is O=C1NC(=Nc2ccc([N+](=O)[O-])cc2Br)S/C1=C/c1cccc(OCc2cccc3ccccc23)c1. The third kappa shape index (κ3) is 5.32. The van der Waals surface area contributed by atoms with Crippen LogP contribution >= 0.6 is 27.7 Å². The molecule has 1 aliphatic rings. The maximum absolute atomic E-state index is 12.5. The number of thioether (sulfide) groups is 1. The zero-order valence-electron chi connectivity index (χ0n) is 18.7. The Hall–Kier alpha value is -3.95. The van der Waals surface area contributed by atoms with Gasteiger partial charge in [0.1, 0.15) is 12.4 Å². The maximum atomic E-state index is 12.5. The summed E-state index contributed by atoms with van der Waals surface area (Å²) in [5.74, 6) is 0.434. The lowest BCUT2D eigenvalue weighted by Crippen LogP contribution is -2.19. The van der Waals surface area contributed by atoms with Crippen molar-refractivity contribution in [2.45, 2.75) is 6.61 Å². The van der Waals surface area contributed by atoms with Crippen LogP contribution in [0.2, 0.25) is 0 Å². The molecule has 0 radical (unpaired) electrons. The lowest BCUT2D eigenvalue weighted by atomic mass is 10.1. The largest absolute Gasteiger partial charge is 0.489 e. The first-order chi connectivity index (χ1) is 17.5. The van der Waals surface area contributed by atoms with Crippen molar-refractivity contribution in [1.82, 2.24) is 5.32 Å². The van der Waals surface area contributed by atoms with E-state index < -0.39 is 4.92 Å². The van der Waals surface area contributed by atoms with E-state index in [1.165, 1.54) is 35.3 Å². The molecule has 0 unspecified atom stereocenters. The number of amides is 1. The van der Waals surface area contributed by atoms with Gasteiger partial charge in [0, 0.05) is 12.1 Å². The van der Waals surface area contributed by atoms with Crippen molar-refractivity contribution in [2.75, 3.05) is 0 Å². The van der Waals surface area contributed by atoms with E-state index in [9.17, 15) is 14.9 Å².